The molecule has 1 rings (SSSR count). The Hall–Kier alpha value is -1.36. The van der Waals surface area contributed by atoms with Gasteiger partial charge in [0, 0.05) is 0 Å². The van der Waals surface area contributed by atoms with Crippen LogP contribution in [0.15, 0.2) is 24.3 Å². The van der Waals surface area contributed by atoms with Crippen molar-refractivity contribution in [1.29, 1.82) is 0 Å². The molecule has 0 amide bonds. The van der Waals surface area contributed by atoms with Crippen LogP contribution in [0.25, 0.3) is 0 Å². The minimum Gasteiger partial charge on any atom is -0.460 e. The number of sulfone groups is 1. The predicted molar refractivity (Wildman–Crippen MR) is 79.1 cm³/mol. The third-order valence-corrected chi connectivity index (χ3v) is 4.11. The van der Waals surface area contributed by atoms with Crippen LogP contribution in [0.3, 0.4) is 0 Å². The average Bonchev–Trinajstić information content (AvgIpc) is 2.23. The highest BCUT2D eigenvalue weighted by atomic mass is 32.2. The lowest BCUT2D eigenvalue weighted by Crippen LogP contribution is -2.25. The fourth-order valence-electron chi connectivity index (χ4n) is 1.76. The quantitative estimate of drug-likeness (QED) is 0.784. The average molecular weight is 298 g/mol. The van der Waals surface area contributed by atoms with E-state index in [2.05, 4.69) is 0 Å². The SMILES string of the molecule is Cc1cccc(CS(=O)(=O)CCC(=O)OC(C)(C)C)c1. The van der Waals surface area contributed by atoms with Crippen LogP contribution in [0, 0.1) is 6.92 Å². The van der Waals surface area contributed by atoms with Crippen molar-refractivity contribution in [3.05, 3.63) is 35.4 Å². The predicted octanol–water partition coefficient (Wildman–Crippen LogP) is 2.64. The van der Waals surface area contributed by atoms with Gasteiger partial charge in [-0.15, -0.1) is 0 Å². The molecule has 112 valence electrons. The number of aryl methyl sites for hydroxylation is 1. The first-order valence-corrected chi connectivity index (χ1v) is 8.37. The summed E-state index contributed by atoms with van der Waals surface area (Å²) in [6.45, 7) is 7.18. The molecule has 0 aliphatic rings. The topological polar surface area (TPSA) is 60.4 Å². The zero-order chi connectivity index (χ0) is 15.4. The first-order chi connectivity index (χ1) is 9.07. The highest BCUT2D eigenvalue weighted by Crippen LogP contribution is 2.12. The van der Waals surface area contributed by atoms with Crippen molar-refractivity contribution in [2.75, 3.05) is 5.75 Å². The Balaban J connectivity index is 2.56. The Morgan fingerprint density at radius 3 is 2.45 bits per heavy atom. The summed E-state index contributed by atoms with van der Waals surface area (Å²) in [5, 5.41) is 0. The molecule has 0 bridgehead atoms. The van der Waals surface area contributed by atoms with Crippen molar-refractivity contribution >= 4 is 15.8 Å². The molecule has 0 aliphatic carbocycles. The summed E-state index contributed by atoms with van der Waals surface area (Å²) in [6.07, 6.45) is -0.106. The van der Waals surface area contributed by atoms with Crippen molar-refractivity contribution in [2.45, 2.75) is 45.5 Å². The van der Waals surface area contributed by atoms with Crippen LogP contribution in [0.4, 0.5) is 0 Å². The monoisotopic (exact) mass is 298 g/mol. The molecule has 0 saturated heterocycles. The summed E-state index contributed by atoms with van der Waals surface area (Å²) in [5.74, 6) is -0.710. The van der Waals surface area contributed by atoms with E-state index in [9.17, 15) is 13.2 Å². The maximum atomic E-state index is 12.0. The molecule has 0 N–H and O–H groups in total. The van der Waals surface area contributed by atoms with Crippen LogP contribution in [0.1, 0.15) is 38.3 Å². The molecule has 0 saturated carbocycles. The van der Waals surface area contributed by atoms with E-state index >= 15 is 0 Å². The number of carbonyl (C=O) groups is 1. The Labute approximate surface area is 121 Å². The Kier molecular flexibility index (Phi) is 5.34. The van der Waals surface area contributed by atoms with Gasteiger partial charge in [-0.05, 0) is 33.3 Å². The second-order valence-corrected chi connectivity index (χ2v) is 8.10. The number of carbonyl (C=O) groups excluding carboxylic acids is 1. The van der Waals surface area contributed by atoms with Crippen molar-refractivity contribution in [1.82, 2.24) is 0 Å². The largest absolute Gasteiger partial charge is 0.460 e. The molecule has 1 aromatic carbocycles. The van der Waals surface area contributed by atoms with Gasteiger partial charge in [-0.1, -0.05) is 29.8 Å². The third-order valence-electron chi connectivity index (χ3n) is 2.51. The molecule has 1 aromatic rings. The first-order valence-electron chi connectivity index (χ1n) is 6.55. The second-order valence-electron chi connectivity index (χ2n) is 5.92. The van der Waals surface area contributed by atoms with Crippen LogP contribution in [-0.2, 0) is 25.1 Å². The molecule has 20 heavy (non-hydrogen) atoms. The fraction of sp³-hybridized carbons (Fsp3) is 0.533. The van der Waals surface area contributed by atoms with E-state index in [1.807, 2.05) is 25.1 Å². The normalized spacial score (nSPS) is 12.2. The van der Waals surface area contributed by atoms with Gasteiger partial charge in [0.15, 0.2) is 9.84 Å². The highest BCUT2D eigenvalue weighted by molar-refractivity contribution is 7.90. The summed E-state index contributed by atoms with van der Waals surface area (Å²) in [6, 6.07) is 7.36. The summed E-state index contributed by atoms with van der Waals surface area (Å²) in [5.41, 5.74) is 1.18. The molecule has 0 aromatic heterocycles. The number of hydrogen-bond acceptors (Lipinski definition) is 4. The fourth-order valence-corrected chi connectivity index (χ4v) is 3.07. The van der Waals surface area contributed by atoms with Gasteiger partial charge >= 0.3 is 5.97 Å². The number of ether oxygens (including phenoxy) is 1. The maximum absolute atomic E-state index is 12.0. The molecule has 5 heteroatoms. The van der Waals surface area contributed by atoms with Crippen LogP contribution in [-0.4, -0.2) is 25.7 Å². The highest BCUT2D eigenvalue weighted by Gasteiger charge is 2.19. The van der Waals surface area contributed by atoms with E-state index in [-0.39, 0.29) is 17.9 Å². The molecule has 4 nitrogen and oxygen atoms in total. The van der Waals surface area contributed by atoms with Crippen molar-refractivity contribution in [3.8, 4) is 0 Å². The molecule has 0 aliphatic heterocycles. The lowest BCUT2D eigenvalue weighted by Gasteiger charge is -2.19. The number of hydrogen-bond donors (Lipinski definition) is 0. The molecule has 0 unspecified atom stereocenters. The Bertz CT molecular complexity index is 568. The van der Waals surface area contributed by atoms with E-state index in [4.69, 9.17) is 4.74 Å². The third kappa shape index (κ3) is 6.70. The molecular weight excluding hydrogens is 276 g/mol. The smallest absolute Gasteiger partial charge is 0.307 e. The zero-order valence-electron chi connectivity index (χ0n) is 12.5. The molecule has 0 atom stereocenters. The van der Waals surface area contributed by atoms with E-state index in [1.54, 1.807) is 26.8 Å². The molecular formula is C15H22O4S. The van der Waals surface area contributed by atoms with Gasteiger partial charge in [0.05, 0.1) is 17.9 Å². The van der Waals surface area contributed by atoms with Crippen LogP contribution >= 0.6 is 0 Å². The van der Waals surface area contributed by atoms with Crippen molar-refractivity contribution in [2.24, 2.45) is 0 Å². The van der Waals surface area contributed by atoms with Crippen LogP contribution < -0.4 is 0 Å². The standard InChI is InChI=1S/C15H22O4S/c1-12-6-5-7-13(10-12)11-20(17,18)9-8-14(16)19-15(2,3)4/h5-7,10H,8-9,11H2,1-4H3. The zero-order valence-corrected chi connectivity index (χ0v) is 13.3. The lowest BCUT2D eigenvalue weighted by atomic mass is 10.2. The van der Waals surface area contributed by atoms with E-state index in [0.717, 1.165) is 11.1 Å². The minimum absolute atomic E-state index is 0.0442. The Morgan fingerprint density at radius 1 is 1.25 bits per heavy atom. The van der Waals surface area contributed by atoms with Crippen molar-refractivity contribution < 1.29 is 17.9 Å². The first kappa shape index (κ1) is 16.7. The molecule has 0 spiro atoms. The van der Waals surface area contributed by atoms with Gasteiger partial charge < -0.3 is 4.74 Å². The number of benzene rings is 1. The van der Waals surface area contributed by atoms with Gasteiger partial charge in [-0.2, -0.15) is 0 Å². The number of rotatable bonds is 5. The second kappa shape index (κ2) is 6.39. The van der Waals surface area contributed by atoms with E-state index < -0.39 is 21.4 Å². The molecule has 0 fully saturated rings. The van der Waals surface area contributed by atoms with Gasteiger partial charge in [-0.25, -0.2) is 8.42 Å². The van der Waals surface area contributed by atoms with Gasteiger partial charge in [-0.3, -0.25) is 4.79 Å². The summed E-state index contributed by atoms with van der Waals surface area (Å²) < 4.78 is 29.0. The Morgan fingerprint density at radius 2 is 1.90 bits per heavy atom. The molecule has 0 heterocycles. The van der Waals surface area contributed by atoms with E-state index in [1.165, 1.54) is 0 Å². The summed E-state index contributed by atoms with van der Waals surface area (Å²) in [4.78, 5) is 11.5. The molecule has 0 radical (unpaired) electrons. The van der Waals surface area contributed by atoms with Gasteiger partial charge in [0.1, 0.15) is 5.60 Å². The number of esters is 1. The minimum atomic E-state index is -3.30. The lowest BCUT2D eigenvalue weighted by molar-refractivity contribution is -0.154. The summed E-state index contributed by atoms with van der Waals surface area (Å²) >= 11 is 0. The van der Waals surface area contributed by atoms with Crippen LogP contribution in [0.2, 0.25) is 0 Å². The van der Waals surface area contributed by atoms with Gasteiger partial charge in [0.25, 0.3) is 0 Å². The van der Waals surface area contributed by atoms with Gasteiger partial charge in [0.2, 0.25) is 0 Å². The van der Waals surface area contributed by atoms with Crippen LogP contribution in [0.5, 0.6) is 0 Å². The summed E-state index contributed by atoms with van der Waals surface area (Å²) in [7, 11) is -3.30. The van der Waals surface area contributed by atoms with Crippen molar-refractivity contribution in [3.63, 3.8) is 0 Å². The maximum Gasteiger partial charge on any atom is 0.307 e. The van der Waals surface area contributed by atoms with E-state index in [0.29, 0.717) is 0 Å².